The molecule has 1 aliphatic carbocycles. The normalized spacial score (nSPS) is 22.2. The molecule has 2 N–H and O–H groups in total. The van der Waals surface area contributed by atoms with Crippen molar-refractivity contribution in [3.63, 3.8) is 0 Å². The molecule has 0 aromatic carbocycles. The second kappa shape index (κ2) is 6.70. The van der Waals surface area contributed by atoms with Crippen LogP contribution in [0.15, 0.2) is 18.3 Å². The maximum absolute atomic E-state index is 11.9. The van der Waals surface area contributed by atoms with Crippen LogP contribution in [0.3, 0.4) is 0 Å². The number of amides is 1. The first-order valence-electron chi connectivity index (χ1n) is 6.69. The lowest BCUT2D eigenvalue weighted by Crippen LogP contribution is -2.32. The van der Waals surface area contributed by atoms with Crippen molar-refractivity contribution >= 4 is 23.5 Å². The Labute approximate surface area is 122 Å². The molecule has 1 saturated carbocycles. The number of carboxylic acids is 1. The Balaban J connectivity index is 1.79. The van der Waals surface area contributed by atoms with Crippen LogP contribution in [-0.4, -0.2) is 28.5 Å². The van der Waals surface area contributed by atoms with Gasteiger partial charge in [0.05, 0.1) is 5.92 Å². The van der Waals surface area contributed by atoms with Gasteiger partial charge >= 0.3 is 5.97 Å². The molecule has 1 fully saturated rings. The van der Waals surface area contributed by atoms with Crippen molar-refractivity contribution in [1.82, 2.24) is 10.3 Å². The molecule has 5 nitrogen and oxygen atoms in total. The molecule has 0 unspecified atom stereocenters. The van der Waals surface area contributed by atoms with E-state index in [9.17, 15) is 9.59 Å². The molecular weight excluding hydrogens is 280 g/mol. The van der Waals surface area contributed by atoms with Crippen LogP contribution in [0.5, 0.6) is 0 Å². The third kappa shape index (κ3) is 3.93. The minimum absolute atomic E-state index is 0.172. The maximum atomic E-state index is 11.9. The molecule has 1 amide bonds. The second-order valence-electron chi connectivity index (χ2n) is 5.13. The van der Waals surface area contributed by atoms with Crippen LogP contribution in [0.2, 0.25) is 5.15 Å². The van der Waals surface area contributed by atoms with E-state index in [0.717, 1.165) is 12.8 Å². The van der Waals surface area contributed by atoms with E-state index < -0.39 is 5.97 Å². The number of aliphatic carboxylic acids is 1. The Kier molecular flexibility index (Phi) is 4.95. The SMILES string of the molecule is O=C(NCC1CCC(C(=O)O)CC1)c1ccnc(Cl)c1. The van der Waals surface area contributed by atoms with Crippen molar-refractivity contribution in [2.24, 2.45) is 11.8 Å². The molecule has 1 aliphatic rings. The molecule has 0 atom stereocenters. The van der Waals surface area contributed by atoms with Gasteiger partial charge in [0.1, 0.15) is 5.15 Å². The van der Waals surface area contributed by atoms with Gasteiger partial charge < -0.3 is 10.4 Å². The quantitative estimate of drug-likeness (QED) is 0.836. The predicted octanol–water partition coefficient (Wildman–Crippen LogP) is 2.36. The molecule has 6 heteroatoms. The molecule has 0 bridgehead atoms. The van der Waals surface area contributed by atoms with Gasteiger partial charge in [-0.3, -0.25) is 9.59 Å². The number of nitrogens with one attached hydrogen (secondary N) is 1. The molecule has 2 rings (SSSR count). The third-order valence-corrected chi connectivity index (χ3v) is 3.94. The fourth-order valence-electron chi connectivity index (χ4n) is 2.50. The summed E-state index contributed by atoms with van der Waals surface area (Å²) < 4.78 is 0. The van der Waals surface area contributed by atoms with E-state index >= 15 is 0 Å². The Morgan fingerprint density at radius 3 is 2.65 bits per heavy atom. The predicted molar refractivity (Wildman–Crippen MR) is 74.7 cm³/mol. The highest BCUT2D eigenvalue weighted by Crippen LogP contribution is 2.28. The number of carboxylic acid groups (broad SMARTS) is 1. The Hall–Kier alpha value is -1.62. The van der Waals surface area contributed by atoms with Gasteiger partial charge in [-0.25, -0.2) is 4.98 Å². The van der Waals surface area contributed by atoms with E-state index in [0.29, 0.717) is 36.0 Å². The molecule has 20 heavy (non-hydrogen) atoms. The van der Waals surface area contributed by atoms with Crippen molar-refractivity contribution in [2.45, 2.75) is 25.7 Å². The molecular formula is C14H17ClN2O3. The number of halogens is 1. The number of carbonyl (C=O) groups is 2. The zero-order chi connectivity index (χ0) is 14.5. The van der Waals surface area contributed by atoms with E-state index in [1.54, 1.807) is 6.07 Å². The fourth-order valence-corrected chi connectivity index (χ4v) is 2.67. The zero-order valence-corrected chi connectivity index (χ0v) is 11.8. The molecule has 1 aromatic heterocycles. The highest BCUT2D eigenvalue weighted by molar-refractivity contribution is 6.29. The topological polar surface area (TPSA) is 79.3 Å². The second-order valence-corrected chi connectivity index (χ2v) is 5.52. The number of hydrogen-bond donors (Lipinski definition) is 2. The van der Waals surface area contributed by atoms with Gasteiger partial charge in [-0.15, -0.1) is 0 Å². The Bertz CT molecular complexity index is 499. The van der Waals surface area contributed by atoms with E-state index in [2.05, 4.69) is 10.3 Å². The molecule has 0 aliphatic heterocycles. The van der Waals surface area contributed by atoms with Gasteiger partial charge in [0.15, 0.2) is 0 Å². The van der Waals surface area contributed by atoms with Crippen molar-refractivity contribution in [3.8, 4) is 0 Å². The summed E-state index contributed by atoms with van der Waals surface area (Å²) in [5.74, 6) is -0.749. The molecule has 1 aromatic rings. The summed E-state index contributed by atoms with van der Waals surface area (Å²) in [6.45, 7) is 0.575. The van der Waals surface area contributed by atoms with Gasteiger partial charge in [0, 0.05) is 18.3 Å². The molecule has 0 spiro atoms. The summed E-state index contributed by atoms with van der Waals surface area (Å²) >= 11 is 5.74. The molecule has 0 radical (unpaired) electrons. The highest BCUT2D eigenvalue weighted by atomic mass is 35.5. The minimum Gasteiger partial charge on any atom is -0.481 e. The number of hydrogen-bond acceptors (Lipinski definition) is 3. The number of pyridine rings is 1. The average molecular weight is 297 g/mol. The van der Waals surface area contributed by atoms with E-state index in [-0.39, 0.29) is 11.8 Å². The lowest BCUT2D eigenvalue weighted by atomic mass is 9.82. The van der Waals surface area contributed by atoms with E-state index in [4.69, 9.17) is 16.7 Å². The number of nitrogens with zero attached hydrogens (tertiary/aromatic N) is 1. The van der Waals surface area contributed by atoms with Crippen LogP contribution in [0.1, 0.15) is 36.0 Å². The van der Waals surface area contributed by atoms with Crippen LogP contribution in [0, 0.1) is 11.8 Å². The summed E-state index contributed by atoms with van der Waals surface area (Å²) in [4.78, 5) is 26.6. The first-order chi connectivity index (χ1) is 9.56. The summed E-state index contributed by atoms with van der Waals surface area (Å²) in [5, 5.41) is 12.1. The van der Waals surface area contributed by atoms with Crippen molar-refractivity contribution in [1.29, 1.82) is 0 Å². The third-order valence-electron chi connectivity index (χ3n) is 3.74. The molecule has 1 heterocycles. The smallest absolute Gasteiger partial charge is 0.306 e. The molecule has 0 saturated heterocycles. The van der Waals surface area contributed by atoms with E-state index in [1.165, 1.54) is 12.3 Å². The van der Waals surface area contributed by atoms with Crippen LogP contribution in [0.25, 0.3) is 0 Å². The number of rotatable bonds is 4. The fraction of sp³-hybridized carbons (Fsp3) is 0.500. The van der Waals surface area contributed by atoms with Crippen molar-refractivity contribution in [2.75, 3.05) is 6.54 Å². The first kappa shape index (κ1) is 14.8. The molecule has 108 valence electrons. The van der Waals surface area contributed by atoms with Crippen molar-refractivity contribution in [3.05, 3.63) is 29.0 Å². The zero-order valence-electron chi connectivity index (χ0n) is 11.0. The summed E-state index contributed by atoms with van der Waals surface area (Å²) in [6.07, 6.45) is 4.56. The Morgan fingerprint density at radius 2 is 2.05 bits per heavy atom. The van der Waals surface area contributed by atoms with Gasteiger partial charge in [0.2, 0.25) is 0 Å². The highest BCUT2D eigenvalue weighted by Gasteiger charge is 2.26. The van der Waals surface area contributed by atoms with Crippen LogP contribution >= 0.6 is 11.6 Å². The van der Waals surface area contributed by atoms with E-state index in [1.807, 2.05) is 0 Å². The summed E-state index contributed by atoms with van der Waals surface area (Å²) in [7, 11) is 0. The van der Waals surface area contributed by atoms with Gasteiger partial charge in [-0.05, 0) is 43.7 Å². The first-order valence-corrected chi connectivity index (χ1v) is 7.06. The van der Waals surface area contributed by atoms with Crippen LogP contribution < -0.4 is 5.32 Å². The van der Waals surface area contributed by atoms with Crippen LogP contribution in [-0.2, 0) is 4.79 Å². The van der Waals surface area contributed by atoms with Crippen LogP contribution in [0.4, 0.5) is 0 Å². The van der Waals surface area contributed by atoms with Gasteiger partial charge in [0.25, 0.3) is 5.91 Å². The monoisotopic (exact) mass is 296 g/mol. The lowest BCUT2D eigenvalue weighted by Gasteiger charge is -2.26. The Morgan fingerprint density at radius 1 is 1.35 bits per heavy atom. The maximum Gasteiger partial charge on any atom is 0.306 e. The van der Waals surface area contributed by atoms with Crippen molar-refractivity contribution < 1.29 is 14.7 Å². The van der Waals surface area contributed by atoms with Gasteiger partial charge in [-0.1, -0.05) is 11.6 Å². The number of carbonyl (C=O) groups excluding carboxylic acids is 1. The minimum atomic E-state index is -0.709. The van der Waals surface area contributed by atoms with Gasteiger partial charge in [-0.2, -0.15) is 0 Å². The largest absolute Gasteiger partial charge is 0.481 e. The average Bonchev–Trinajstić information content (AvgIpc) is 2.45. The summed E-state index contributed by atoms with van der Waals surface area (Å²) in [6, 6.07) is 3.14. The number of aromatic nitrogens is 1. The standard InChI is InChI=1S/C14H17ClN2O3/c15-12-7-11(5-6-16-12)13(18)17-8-9-1-3-10(4-2-9)14(19)20/h5-7,9-10H,1-4,8H2,(H,17,18)(H,19,20). The lowest BCUT2D eigenvalue weighted by molar-refractivity contribution is -0.143. The summed E-state index contributed by atoms with van der Waals surface area (Å²) in [5.41, 5.74) is 0.490.